The number of nitrogens with one attached hydrogen (secondary N) is 1. The molecule has 0 aromatic carbocycles. The van der Waals surface area contributed by atoms with Gasteiger partial charge in [0.25, 0.3) is 0 Å². The molecule has 2 fully saturated rings. The molecule has 3 unspecified atom stereocenters. The number of hydrogen-bond acceptors (Lipinski definition) is 2. The predicted molar refractivity (Wildman–Crippen MR) is 58.4 cm³/mol. The Hall–Kier alpha value is -0.0800. The van der Waals surface area contributed by atoms with E-state index in [2.05, 4.69) is 19.2 Å². The molecule has 1 aliphatic carbocycles. The first-order valence-corrected chi connectivity index (χ1v) is 6.14. The maximum Gasteiger partial charge on any atom is 0.0706 e. The van der Waals surface area contributed by atoms with Gasteiger partial charge in [-0.05, 0) is 26.2 Å². The van der Waals surface area contributed by atoms with Gasteiger partial charge in [-0.2, -0.15) is 0 Å². The summed E-state index contributed by atoms with van der Waals surface area (Å²) in [6.07, 6.45) is 7.89. The summed E-state index contributed by atoms with van der Waals surface area (Å²) < 4.78 is 6.00. The van der Waals surface area contributed by atoms with Crippen molar-refractivity contribution in [3.63, 3.8) is 0 Å². The second-order valence-corrected chi connectivity index (χ2v) is 5.05. The molecule has 1 saturated heterocycles. The smallest absolute Gasteiger partial charge is 0.0706 e. The third-order valence-corrected chi connectivity index (χ3v) is 3.85. The number of ether oxygens (including phenoxy) is 1. The minimum atomic E-state index is 0.384. The van der Waals surface area contributed by atoms with Crippen molar-refractivity contribution in [2.75, 3.05) is 6.54 Å². The molecule has 1 aliphatic heterocycles. The van der Waals surface area contributed by atoms with E-state index in [0.717, 1.165) is 12.5 Å². The lowest BCUT2D eigenvalue weighted by molar-refractivity contribution is -0.0583. The number of morpholine rings is 1. The lowest BCUT2D eigenvalue weighted by Gasteiger charge is -2.35. The van der Waals surface area contributed by atoms with E-state index in [1.807, 2.05) is 0 Å². The van der Waals surface area contributed by atoms with Gasteiger partial charge in [-0.25, -0.2) is 0 Å². The summed E-state index contributed by atoms with van der Waals surface area (Å²) in [6, 6.07) is 0.523. The first-order chi connectivity index (χ1) is 6.75. The molecule has 0 amide bonds. The largest absolute Gasteiger partial charge is 0.372 e. The summed E-state index contributed by atoms with van der Waals surface area (Å²) >= 11 is 0. The molecule has 2 rings (SSSR count). The lowest BCUT2D eigenvalue weighted by atomic mass is 9.98. The Bertz CT molecular complexity index is 177. The Morgan fingerprint density at radius 3 is 2.57 bits per heavy atom. The molecule has 0 spiro atoms. The highest BCUT2D eigenvalue weighted by atomic mass is 16.5. The standard InChI is InChI=1S/C12H23NO/c1-9-10(2)14-12(8-13-9)7-11-5-3-4-6-11/h9-13H,3-8H2,1-2H3. The normalized spacial score (nSPS) is 40.3. The van der Waals surface area contributed by atoms with E-state index >= 15 is 0 Å². The van der Waals surface area contributed by atoms with Crippen molar-refractivity contribution in [1.29, 1.82) is 0 Å². The molecule has 1 N–H and O–H groups in total. The molecule has 2 aliphatic rings. The van der Waals surface area contributed by atoms with E-state index in [-0.39, 0.29) is 0 Å². The predicted octanol–water partition coefficient (Wildman–Crippen LogP) is 2.33. The van der Waals surface area contributed by atoms with Crippen molar-refractivity contribution in [2.24, 2.45) is 5.92 Å². The van der Waals surface area contributed by atoms with Crippen molar-refractivity contribution in [2.45, 2.75) is 64.2 Å². The Labute approximate surface area is 87.4 Å². The van der Waals surface area contributed by atoms with Gasteiger partial charge < -0.3 is 10.1 Å². The topological polar surface area (TPSA) is 21.3 Å². The van der Waals surface area contributed by atoms with Crippen LogP contribution < -0.4 is 5.32 Å². The highest BCUT2D eigenvalue weighted by molar-refractivity contribution is 4.81. The molecule has 1 heterocycles. The minimum Gasteiger partial charge on any atom is -0.372 e. The maximum atomic E-state index is 6.00. The van der Waals surface area contributed by atoms with Crippen molar-refractivity contribution >= 4 is 0 Å². The molecule has 0 bridgehead atoms. The van der Waals surface area contributed by atoms with E-state index in [1.54, 1.807) is 0 Å². The number of rotatable bonds is 2. The molecule has 82 valence electrons. The van der Waals surface area contributed by atoms with Crippen LogP contribution in [0.3, 0.4) is 0 Å². The van der Waals surface area contributed by atoms with Gasteiger partial charge in [-0.1, -0.05) is 25.7 Å². The molecular formula is C12H23NO. The molecule has 2 nitrogen and oxygen atoms in total. The average molecular weight is 197 g/mol. The Morgan fingerprint density at radius 2 is 1.93 bits per heavy atom. The first-order valence-electron chi connectivity index (χ1n) is 6.14. The monoisotopic (exact) mass is 197 g/mol. The highest BCUT2D eigenvalue weighted by Crippen LogP contribution is 2.30. The van der Waals surface area contributed by atoms with E-state index in [0.29, 0.717) is 18.2 Å². The molecule has 3 atom stereocenters. The summed E-state index contributed by atoms with van der Waals surface area (Å²) in [6.45, 7) is 5.44. The minimum absolute atomic E-state index is 0.384. The van der Waals surface area contributed by atoms with Crippen LogP contribution in [0.15, 0.2) is 0 Å². The third kappa shape index (κ3) is 2.48. The van der Waals surface area contributed by atoms with Crippen LogP contribution in [0.5, 0.6) is 0 Å². The van der Waals surface area contributed by atoms with E-state index in [4.69, 9.17) is 4.74 Å². The fourth-order valence-corrected chi connectivity index (χ4v) is 2.71. The second-order valence-electron chi connectivity index (χ2n) is 5.05. The summed E-state index contributed by atoms with van der Waals surface area (Å²) in [5.74, 6) is 0.947. The van der Waals surface area contributed by atoms with Gasteiger partial charge in [-0.15, -0.1) is 0 Å². The quantitative estimate of drug-likeness (QED) is 0.733. The van der Waals surface area contributed by atoms with Crippen LogP contribution in [-0.2, 0) is 4.74 Å². The zero-order chi connectivity index (χ0) is 9.97. The fourth-order valence-electron chi connectivity index (χ4n) is 2.71. The van der Waals surface area contributed by atoms with Crippen LogP contribution >= 0.6 is 0 Å². The van der Waals surface area contributed by atoms with Gasteiger partial charge in [-0.3, -0.25) is 0 Å². The molecule has 14 heavy (non-hydrogen) atoms. The zero-order valence-electron chi connectivity index (χ0n) is 9.46. The van der Waals surface area contributed by atoms with Gasteiger partial charge in [0.1, 0.15) is 0 Å². The number of hydrogen-bond donors (Lipinski definition) is 1. The Kier molecular flexibility index (Phi) is 3.45. The van der Waals surface area contributed by atoms with Gasteiger partial charge >= 0.3 is 0 Å². The fraction of sp³-hybridized carbons (Fsp3) is 1.00. The molecular weight excluding hydrogens is 174 g/mol. The second kappa shape index (κ2) is 4.63. The molecule has 0 aromatic heterocycles. The van der Waals surface area contributed by atoms with Gasteiger partial charge in [0.05, 0.1) is 12.2 Å². The van der Waals surface area contributed by atoms with Crippen LogP contribution in [-0.4, -0.2) is 24.8 Å². The average Bonchev–Trinajstić information content (AvgIpc) is 2.64. The third-order valence-electron chi connectivity index (χ3n) is 3.85. The lowest BCUT2D eigenvalue weighted by Crippen LogP contribution is -2.50. The van der Waals surface area contributed by atoms with Crippen molar-refractivity contribution in [3.8, 4) is 0 Å². The highest BCUT2D eigenvalue weighted by Gasteiger charge is 2.27. The van der Waals surface area contributed by atoms with Crippen LogP contribution in [0.2, 0.25) is 0 Å². The van der Waals surface area contributed by atoms with E-state index in [9.17, 15) is 0 Å². The molecule has 1 saturated carbocycles. The van der Waals surface area contributed by atoms with Crippen molar-refractivity contribution in [1.82, 2.24) is 5.32 Å². The maximum absolute atomic E-state index is 6.00. The van der Waals surface area contributed by atoms with Crippen LogP contribution in [0, 0.1) is 5.92 Å². The summed E-state index contributed by atoms with van der Waals surface area (Å²) in [5, 5.41) is 3.53. The first kappa shape index (κ1) is 10.4. The van der Waals surface area contributed by atoms with Gasteiger partial charge in [0, 0.05) is 12.6 Å². The Balaban J connectivity index is 1.75. The van der Waals surface area contributed by atoms with Crippen LogP contribution in [0.1, 0.15) is 46.0 Å². The van der Waals surface area contributed by atoms with Crippen molar-refractivity contribution < 1.29 is 4.74 Å². The SMILES string of the molecule is CC1NCC(CC2CCCC2)OC1C. The molecule has 2 heteroatoms. The Morgan fingerprint density at radius 1 is 1.21 bits per heavy atom. The van der Waals surface area contributed by atoms with Crippen LogP contribution in [0.25, 0.3) is 0 Å². The van der Waals surface area contributed by atoms with Gasteiger partial charge in [0.2, 0.25) is 0 Å². The van der Waals surface area contributed by atoms with Crippen LogP contribution in [0.4, 0.5) is 0 Å². The zero-order valence-corrected chi connectivity index (χ0v) is 9.46. The van der Waals surface area contributed by atoms with Crippen molar-refractivity contribution in [3.05, 3.63) is 0 Å². The van der Waals surface area contributed by atoms with Gasteiger partial charge in [0.15, 0.2) is 0 Å². The molecule has 0 aromatic rings. The summed E-state index contributed by atoms with van der Waals surface area (Å²) in [4.78, 5) is 0. The molecule has 0 radical (unpaired) electrons. The summed E-state index contributed by atoms with van der Waals surface area (Å²) in [5.41, 5.74) is 0. The summed E-state index contributed by atoms with van der Waals surface area (Å²) in [7, 11) is 0. The van der Waals surface area contributed by atoms with E-state index < -0.39 is 0 Å². The van der Waals surface area contributed by atoms with E-state index in [1.165, 1.54) is 32.1 Å².